The van der Waals surface area contributed by atoms with E-state index in [1.54, 1.807) is 30.3 Å². The van der Waals surface area contributed by atoms with E-state index in [2.05, 4.69) is 26.6 Å². The number of nitrogens with zero attached hydrogens (tertiary/aromatic N) is 3. The maximum atomic E-state index is 15.4. The molecule has 0 aliphatic carbocycles. The Morgan fingerprint density at radius 2 is 1.83 bits per heavy atom. The zero-order chi connectivity index (χ0) is 29.8. The van der Waals surface area contributed by atoms with Gasteiger partial charge in [-0.05, 0) is 44.5 Å². The van der Waals surface area contributed by atoms with Crippen LogP contribution >= 0.6 is 11.6 Å². The molecule has 1 aliphatic rings. The number of aromatic nitrogens is 1. The van der Waals surface area contributed by atoms with Crippen molar-refractivity contribution in [3.05, 3.63) is 82.5 Å². The summed E-state index contributed by atoms with van der Waals surface area (Å²) in [5, 5.41) is 15.7. The van der Waals surface area contributed by atoms with Gasteiger partial charge in [0.15, 0.2) is 0 Å². The van der Waals surface area contributed by atoms with E-state index in [1.807, 2.05) is 6.92 Å². The van der Waals surface area contributed by atoms with Crippen molar-refractivity contribution in [1.82, 2.24) is 20.5 Å². The van der Waals surface area contributed by atoms with Crippen molar-refractivity contribution in [3.63, 3.8) is 0 Å². The second-order valence-corrected chi connectivity index (χ2v) is 10.4. The third-order valence-corrected chi connectivity index (χ3v) is 7.80. The lowest BCUT2D eigenvalue weighted by molar-refractivity contribution is -0.129. The molecule has 3 aromatic rings. The van der Waals surface area contributed by atoms with Crippen molar-refractivity contribution in [3.8, 4) is 23.1 Å². The lowest BCUT2D eigenvalue weighted by atomic mass is 9.84. The van der Waals surface area contributed by atoms with Gasteiger partial charge in [0.05, 0.1) is 30.0 Å². The summed E-state index contributed by atoms with van der Waals surface area (Å²) in [6.45, 7) is 5.10. The monoisotopic (exact) mass is 581 g/mol. The molecule has 0 unspecified atom stereocenters. The van der Waals surface area contributed by atoms with Gasteiger partial charge in [-0.2, -0.15) is 5.26 Å². The molecule has 214 valence electrons. The van der Waals surface area contributed by atoms with Crippen LogP contribution in [0.4, 0.5) is 8.78 Å². The van der Waals surface area contributed by atoms with Crippen LogP contribution in [0.3, 0.4) is 0 Å². The number of rotatable bonds is 8. The summed E-state index contributed by atoms with van der Waals surface area (Å²) in [5.41, 5.74) is -3.00. The Labute approximate surface area is 242 Å². The number of likely N-dealkylation sites (tertiary alicyclic amines) is 1. The number of pyridine rings is 1. The molecule has 1 fully saturated rings. The van der Waals surface area contributed by atoms with Gasteiger partial charge >= 0.3 is 0 Å². The summed E-state index contributed by atoms with van der Waals surface area (Å²) in [7, 11) is 1.25. The number of carbonyl (C=O) groups excluding carboxylic acids is 2. The topological polar surface area (TPSA) is 107 Å². The summed E-state index contributed by atoms with van der Waals surface area (Å²) in [4.78, 5) is 33.7. The quantitative estimate of drug-likeness (QED) is 0.395. The van der Waals surface area contributed by atoms with Gasteiger partial charge in [-0.3, -0.25) is 14.6 Å². The second kappa shape index (κ2) is 12.2. The fraction of sp³-hybridized carbons (Fsp3) is 0.333. The van der Waals surface area contributed by atoms with Gasteiger partial charge in [0.2, 0.25) is 0 Å². The highest BCUT2D eigenvalue weighted by Crippen LogP contribution is 2.33. The number of ether oxygens (including phenoxy) is 1. The second-order valence-electron chi connectivity index (χ2n) is 10.0. The third kappa shape index (κ3) is 6.16. The van der Waals surface area contributed by atoms with Crippen molar-refractivity contribution in [2.24, 2.45) is 0 Å². The molecule has 2 heterocycles. The molecule has 1 atom stereocenters. The molecule has 2 amide bonds. The number of hydrogen-bond donors (Lipinski definition) is 2. The summed E-state index contributed by atoms with van der Waals surface area (Å²) >= 11 is 6.25. The van der Waals surface area contributed by atoms with E-state index in [0.717, 1.165) is 18.7 Å². The maximum absolute atomic E-state index is 15.4. The van der Waals surface area contributed by atoms with Crippen LogP contribution in [0.15, 0.2) is 54.7 Å². The number of amides is 2. The number of methoxy groups -OCH3 is 1. The Morgan fingerprint density at radius 1 is 1.17 bits per heavy atom. The number of piperidine rings is 1. The molecule has 0 bridgehead atoms. The van der Waals surface area contributed by atoms with E-state index in [1.165, 1.54) is 26.3 Å². The van der Waals surface area contributed by atoms with Crippen LogP contribution in [0.5, 0.6) is 5.75 Å². The van der Waals surface area contributed by atoms with Crippen molar-refractivity contribution in [2.75, 3.05) is 26.7 Å². The van der Waals surface area contributed by atoms with Crippen molar-refractivity contribution < 1.29 is 23.1 Å². The molecule has 1 saturated heterocycles. The van der Waals surface area contributed by atoms with Crippen LogP contribution in [0.1, 0.15) is 42.6 Å². The van der Waals surface area contributed by atoms with Crippen LogP contribution in [0, 0.1) is 23.0 Å². The van der Waals surface area contributed by atoms with E-state index in [9.17, 15) is 14.9 Å². The molecule has 2 N–H and O–H groups in total. The van der Waals surface area contributed by atoms with Crippen LogP contribution in [-0.2, 0) is 10.3 Å². The van der Waals surface area contributed by atoms with Crippen molar-refractivity contribution >= 4 is 23.4 Å². The lowest BCUT2D eigenvalue weighted by Gasteiger charge is -2.40. The van der Waals surface area contributed by atoms with Crippen LogP contribution in [0.25, 0.3) is 11.3 Å². The van der Waals surface area contributed by atoms with E-state index in [0.29, 0.717) is 42.2 Å². The number of carbonyl (C=O) groups is 2. The largest absolute Gasteiger partial charge is 0.497 e. The van der Waals surface area contributed by atoms with Gasteiger partial charge in [-0.25, -0.2) is 8.78 Å². The highest BCUT2D eigenvalue weighted by molar-refractivity contribution is 6.33. The number of nitriles is 1. The molecule has 2 aromatic carbocycles. The smallest absolute Gasteiger partial charge is 0.253 e. The Kier molecular flexibility index (Phi) is 8.90. The van der Waals surface area contributed by atoms with E-state index >= 15 is 8.78 Å². The molecule has 8 nitrogen and oxygen atoms in total. The molecule has 11 heteroatoms. The first-order valence-corrected chi connectivity index (χ1v) is 13.5. The first-order chi connectivity index (χ1) is 19.6. The Hall–Kier alpha value is -4.07. The summed E-state index contributed by atoms with van der Waals surface area (Å²) < 4.78 is 35.7. The Morgan fingerprint density at radius 3 is 2.37 bits per heavy atom. The molecule has 4 rings (SSSR count). The number of hydrogen-bond acceptors (Lipinski definition) is 6. The summed E-state index contributed by atoms with van der Waals surface area (Å²) in [6.07, 6.45) is 1.91. The average Bonchev–Trinajstić information content (AvgIpc) is 2.97. The summed E-state index contributed by atoms with van der Waals surface area (Å²) in [5.74, 6) is -4.03. The first kappa shape index (κ1) is 29.9. The molecule has 41 heavy (non-hydrogen) atoms. The number of nitrogens with one attached hydrogen (secondary N) is 2. The molecule has 1 aliphatic heterocycles. The minimum atomic E-state index is -2.25. The zero-order valence-electron chi connectivity index (χ0n) is 22.9. The van der Waals surface area contributed by atoms with Gasteiger partial charge in [0.1, 0.15) is 28.5 Å². The van der Waals surface area contributed by atoms with Crippen molar-refractivity contribution in [1.29, 1.82) is 5.26 Å². The molecule has 0 radical (unpaired) electrons. The summed E-state index contributed by atoms with van der Waals surface area (Å²) in [6, 6.07) is 14.1. The van der Waals surface area contributed by atoms with Crippen LogP contribution in [-0.4, -0.2) is 54.0 Å². The maximum Gasteiger partial charge on any atom is 0.253 e. The standard InChI is InChI=1S/C30H30ClF2N5O3/c1-4-38-13-11-30(18-34,12-14-38)37-28(40)29(2,26-23(32)15-20(41-3)16-24(26)33)36-27(39)19-9-10-25(35-17-19)21-7-5-6-8-22(21)31/h5-10,15-17H,4,11-14H2,1-3H3,(H,36,39)(H,37,40)/t29-/m0/s1. The van der Waals surface area contributed by atoms with Gasteiger partial charge in [0, 0.05) is 42.0 Å². The van der Waals surface area contributed by atoms with Gasteiger partial charge in [-0.1, -0.05) is 36.7 Å². The third-order valence-electron chi connectivity index (χ3n) is 7.47. The first-order valence-electron chi connectivity index (χ1n) is 13.1. The predicted molar refractivity (Wildman–Crippen MR) is 150 cm³/mol. The fourth-order valence-corrected chi connectivity index (χ4v) is 5.12. The zero-order valence-corrected chi connectivity index (χ0v) is 23.7. The SMILES string of the molecule is CCN1CCC(C#N)(NC(=O)[C@@](C)(NC(=O)c2ccc(-c3ccccc3Cl)nc2)c2c(F)cc(OC)cc2F)CC1. The van der Waals surface area contributed by atoms with Crippen LogP contribution < -0.4 is 15.4 Å². The average molecular weight is 582 g/mol. The van der Waals surface area contributed by atoms with Gasteiger partial charge in [0.25, 0.3) is 11.8 Å². The van der Waals surface area contributed by atoms with Crippen molar-refractivity contribution in [2.45, 2.75) is 37.8 Å². The lowest BCUT2D eigenvalue weighted by Crippen LogP contribution is -2.62. The number of halogens is 3. The van der Waals surface area contributed by atoms with Crippen LogP contribution in [0.2, 0.25) is 5.02 Å². The Bertz CT molecular complexity index is 1460. The minimum Gasteiger partial charge on any atom is -0.497 e. The fourth-order valence-electron chi connectivity index (χ4n) is 4.89. The van der Waals surface area contributed by atoms with Gasteiger partial charge < -0.3 is 20.3 Å². The normalized spacial score (nSPS) is 16.2. The van der Waals surface area contributed by atoms with E-state index in [-0.39, 0.29) is 11.3 Å². The number of benzene rings is 2. The molecule has 0 saturated carbocycles. The molecular weight excluding hydrogens is 552 g/mol. The highest BCUT2D eigenvalue weighted by atomic mass is 35.5. The minimum absolute atomic E-state index is 0.0420. The molecule has 1 aromatic heterocycles. The van der Waals surface area contributed by atoms with E-state index < -0.39 is 40.1 Å². The molecular formula is C30H30ClF2N5O3. The van der Waals surface area contributed by atoms with E-state index in [4.69, 9.17) is 16.3 Å². The predicted octanol–water partition coefficient (Wildman–Crippen LogP) is 4.83. The Balaban J connectivity index is 1.69. The highest BCUT2D eigenvalue weighted by Gasteiger charge is 2.46. The molecule has 0 spiro atoms. The van der Waals surface area contributed by atoms with Gasteiger partial charge in [-0.15, -0.1) is 0 Å².